The molecule has 0 fully saturated rings. The molecule has 0 spiro atoms. The van der Waals surface area contributed by atoms with Crippen LogP contribution < -0.4 is 4.74 Å². The topological polar surface area (TPSA) is 26.3 Å². The van der Waals surface area contributed by atoms with Crippen LogP contribution in [0.15, 0.2) is 30.9 Å². The Kier molecular flexibility index (Phi) is 3.46. The minimum absolute atomic E-state index is 0.0211. The van der Waals surface area contributed by atoms with Crippen molar-refractivity contribution in [3.8, 4) is 5.75 Å². The van der Waals surface area contributed by atoms with Gasteiger partial charge in [-0.05, 0) is 26.0 Å². The van der Waals surface area contributed by atoms with E-state index in [0.29, 0.717) is 17.9 Å². The molecule has 0 bridgehead atoms. The van der Waals surface area contributed by atoms with Gasteiger partial charge in [0, 0.05) is 0 Å². The first-order valence-corrected chi connectivity index (χ1v) is 4.50. The Bertz CT molecular complexity index is 353. The highest BCUT2D eigenvalue weighted by Crippen LogP contribution is 2.20. The van der Waals surface area contributed by atoms with Crippen LogP contribution >= 0.6 is 0 Å². The molecule has 2 nitrogen and oxygen atoms in total. The van der Waals surface area contributed by atoms with Crippen molar-refractivity contribution in [1.29, 1.82) is 0 Å². The predicted molar refractivity (Wildman–Crippen MR) is 56.9 cm³/mol. The molecule has 14 heavy (non-hydrogen) atoms. The Balaban J connectivity index is 3.01. The van der Waals surface area contributed by atoms with E-state index in [1.54, 1.807) is 6.08 Å². The first kappa shape index (κ1) is 10.5. The van der Waals surface area contributed by atoms with Crippen LogP contribution in [0.25, 0.3) is 0 Å². The van der Waals surface area contributed by atoms with E-state index in [1.165, 1.54) is 6.92 Å². The van der Waals surface area contributed by atoms with E-state index in [0.717, 1.165) is 5.56 Å². The largest absolute Gasteiger partial charge is 0.489 e. The Morgan fingerprint density at radius 1 is 1.57 bits per heavy atom. The zero-order valence-corrected chi connectivity index (χ0v) is 8.54. The van der Waals surface area contributed by atoms with E-state index in [1.807, 2.05) is 25.1 Å². The van der Waals surface area contributed by atoms with Gasteiger partial charge in [0.1, 0.15) is 12.4 Å². The lowest BCUT2D eigenvalue weighted by Crippen LogP contribution is -2.01. The van der Waals surface area contributed by atoms with E-state index >= 15 is 0 Å². The number of aryl methyl sites for hydroxylation is 1. The molecule has 0 unspecified atom stereocenters. The number of ketones is 1. The first-order valence-electron chi connectivity index (χ1n) is 4.50. The zero-order chi connectivity index (χ0) is 10.6. The van der Waals surface area contributed by atoms with E-state index in [4.69, 9.17) is 4.74 Å². The van der Waals surface area contributed by atoms with Crippen molar-refractivity contribution >= 4 is 5.78 Å². The lowest BCUT2D eigenvalue weighted by Gasteiger charge is -2.08. The summed E-state index contributed by atoms with van der Waals surface area (Å²) in [6, 6.07) is 5.57. The molecule has 0 aromatic heterocycles. The smallest absolute Gasteiger partial charge is 0.163 e. The number of benzene rings is 1. The molecule has 0 radical (unpaired) electrons. The van der Waals surface area contributed by atoms with Gasteiger partial charge in [-0.25, -0.2) is 0 Å². The molecule has 74 valence electrons. The predicted octanol–water partition coefficient (Wildman–Crippen LogP) is 2.76. The maximum Gasteiger partial charge on any atom is 0.163 e. The summed E-state index contributed by atoms with van der Waals surface area (Å²) >= 11 is 0. The molecule has 0 aliphatic carbocycles. The van der Waals surface area contributed by atoms with Crippen LogP contribution in [0.4, 0.5) is 0 Å². The van der Waals surface area contributed by atoms with Crippen LogP contribution in [0, 0.1) is 6.92 Å². The second-order valence-corrected chi connectivity index (χ2v) is 3.16. The maximum absolute atomic E-state index is 11.3. The van der Waals surface area contributed by atoms with Crippen LogP contribution in [0.5, 0.6) is 5.75 Å². The summed E-state index contributed by atoms with van der Waals surface area (Å²) < 4.78 is 5.36. The van der Waals surface area contributed by atoms with Gasteiger partial charge in [0.15, 0.2) is 5.78 Å². The summed E-state index contributed by atoms with van der Waals surface area (Å²) in [5, 5.41) is 0. The molecule has 0 atom stereocenters. The molecule has 0 saturated heterocycles. The summed E-state index contributed by atoms with van der Waals surface area (Å²) in [4.78, 5) is 11.3. The molecule has 0 heterocycles. The van der Waals surface area contributed by atoms with Crippen molar-refractivity contribution in [2.24, 2.45) is 0 Å². The Hall–Kier alpha value is -1.57. The molecule has 1 aromatic carbocycles. The van der Waals surface area contributed by atoms with E-state index in [2.05, 4.69) is 6.58 Å². The van der Waals surface area contributed by atoms with Gasteiger partial charge in [0.2, 0.25) is 0 Å². The molecular weight excluding hydrogens is 176 g/mol. The fourth-order valence-corrected chi connectivity index (χ4v) is 1.19. The molecular formula is C12H14O2. The van der Waals surface area contributed by atoms with Gasteiger partial charge >= 0.3 is 0 Å². The third kappa shape index (κ3) is 2.46. The second kappa shape index (κ2) is 4.61. The van der Waals surface area contributed by atoms with Crippen LogP contribution in [0.2, 0.25) is 0 Å². The molecule has 1 aromatic rings. The van der Waals surface area contributed by atoms with Gasteiger partial charge in [0.05, 0.1) is 5.56 Å². The number of Topliss-reactive ketones (excluding diaryl/α,β-unsaturated/α-hetero) is 1. The maximum atomic E-state index is 11.3. The van der Waals surface area contributed by atoms with Gasteiger partial charge in [-0.2, -0.15) is 0 Å². The lowest BCUT2D eigenvalue weighted by atomic mass is 10.1. The highest BCUT2D eigenvalue weighted by Gasteiger charge is 2.07. The quantitative estimate of drug-likeness (QED) is 0.539. The minimum Gasteiger partial charge on any atom is -0.489 e. The van der Waals surface area contributed by atoms with Crippen LogP contribution in [-0.2, 0) is 0 Å². The number of carbonyl (C=O) groups excluding carboxylic acids is 1. The third-order valence-electron chi connectivity index (χ3n) is 1.87. The number of rotatable bonds is 4. The molecule has 0 N–H and O–H groups in total. The second-order valence-electron chi connectivity index (χ2n) is 3.16. The van der Waals surface area contributed by atoms with Gasteiger partial charge in [-0.15, -0.1) is 0 Å². The fourth-order valence-electron chi connectivity index (χ4n) is 1.19. The number of hydrogen-bond acceptors (Lipinski definition) is 2. The van der Waals surface area contributed by atoms with Crippen molar-refractivity contribution in [2.45, 2.75) is 13.8 Å². The van der Waals surface area contributed by atoms with Crippen LogP contribution in [-0.4, -0.2) is 12.4 Å². The average Bonchev–Trinajstić information content (AvgIpc) is 2.15. The summed E-state index contributed by atoms with van der Waals surface area (Å²) in [7, 11) is 0. The standard InChI is InChI=1S/C12H14O2/c1-4-7-14-12-6-5-9(2)8-11(12)10(3)13/h4-6,8H,1,7H2,2-3H3. The number of hydrogen-bond donors (Lipinski definition) is 0. The van der Waals surface area contributed by atoms with Crippen molar-refractivity contribution in [1.82, 2.24) is 0 Å². The Labute approximate surface area is 84.2 Å². The highest BCUT2D eigenvalue weighted by atomic mass is 16.5. The normalized spacial score (nSPS) is 9.57. The molecule has 0 aliphatic heterocycles. The van der Waals surface area contributed by atoms with Gasteiger partial charge in [-0.1, -0.05) is 24.3 Å². The van der Waals surface area contributed by atoms with Gasteiger partial charge in [-0.3, -0.25) is 4.79 Å². The number of carbonyl (C=O) groups is 1. The average molecular weight is 190 g/mol. The Morgan fingerprint density at radius 3 is 2.86 bits per heavy atom. The van der Waals surface area contributed by atoms with Gasteiger partial charge in [0.25, 0.3) is 0 Å². The van der Waals surface area contributed by atoms with Crippen LogP contribution in [0.1, 0.15) is 22.8 Å². The van der Waals surface area contributed by atoms with Crippen molar-refractivity contribution in [3.63, 3.8) is 0 Å². The van der Waals surface area contributed by atoms with Crippen molar-refractivity contribution in [3.05, 3.63) is 42.0 Å². The van der Waals surface area contributed by atoms with Crippen molar-refractivity contribution < 1.29 is 9.53 Å². The summed E-state index contributed by atoms with van der Waals surface area (Å²) in [5.74, 6) is 0.649. The fraction of sp³-hybridized carbons (Fsp3) is 0.250. The minimum atomic E-state index is 0.0211. The zero-order valence-electron chi connectivity index (χ0n) is 8.54. The number of ether oxygens (including phenoxy) is 1. The monoisotopic (exact) mass is 190 g/mol. The molecule has 0 amide bonds. The highest BCUT2D eigenvalue weighted by molar-refractivity contribution is 5.97. The first-order chi connectivity index (χ1) is 6.65. The third-order valence-corrected chi connectivity index (χ3v) is 1.87. The van der Waals surface area contributed by atoms with Gasteiger partial charge < -0.3 is 4.74 Å². The lowest BCUT2D eigenvalue weighted by molar-refractivity contribution is 0.101. The van der Waals surface area contributed by atoms with Crippen LogP contribution in [0.3, 0.4) is 0 Å². The molecule has 1 rings (SSSR count). The summed E-state index contributed by atoms with van der Waals surface area (Å²) in [6.45, 7) is 7.46. The van der Waals surface area contributed by atoms with E-state index in [9.17, 15) is 4.79 Å². The summed E-state index contributed by atoms with van der Waals surface area (Å²) in [5.41, 5.74) is 1.69. The Morgan fingerprint density at radius 2 is 2.29 bits per heavy atom. The van der Waals surface area contributed by atoms with Crippen molar-refractivity contribution in [2.75, 3.05) is 6.61 Å². The van der Waals surface area contributed by atoms with E-state index in [-0.39, 0.29) is 5.78 Å². The molecule has 0 aliphatic rings. The SMILES string of the molecule is C=CCOc1ccc(C)cc1C(C)=O. The molecule has 0 saturated carbocycles. The summed E-state index contributed by atoms with van der Waals surface area (Å²) in [6.07, 6.45) is 1.66. The molecule has 2 heteroatoms. The van der Waals surface area contributed by atoms with E-state index < -0.39 is 0 Å².